The van der Waals surface area contributed by atoms with Gasteiger partial charge in [0.05, 0.1) is 16.3 Å². The molecule has 0 radical (unpaired) electrons. The van der Waals surface area contributed by atoms with Gasteiger partial charge < -0.3 is 5.11 Å². The van der Waals surface area contributed by atoms with Crippen molar-refractivity contribution in [3.8, 4) is 11.4 Å². The molecule has 0 atom stereocenters. The lowest BCUT2D eigenvalue weighted by atomic mass is 10.3. The van der Waals surface area contributed by atoms with E-state index in [2.05, 4.69) is 15.3 Å². The highest BCUT2D eigenvalue weighted by atomic mass is 32.2. The standard InChI is InChI=1S/C24H31N5O4S/c1-4-6-15-28(16-7-5-2)34(32,33)20-13-14-21(22(30)17-20)25-26-23-18(3)27-29(24(23)31)19-11-9-8-10-12-19/h8-14,17,27,30H,4-7,15-16H2,1-3H3. The fourth-order valence-corrected chi connectivity index (χ4v) is 4.97. The maximum absolute atomic E-state index is 13.1. The first-order valence-electron chi connectivity index (χ1n) is 11.4. The maximum atomic E-state index is 13.1. The van der Waals surface area contributed by atoms with Crippen LogP contribution in [0.1, 0.15) is 45.2 Å². The number of hydrogen-bond acceptors (Lipinski definition) is 6. The molecule has 3 rings (SSSR count). The van der Waals surface area contributed by atoms with Gasteiger partial charge in [0.25, 0.3) is 5.56 Å². The number of azo groups is 1. The van der Waals surface area contributed by atoms with Crippen LogP contribution in [0.3, 0.4) is 0 Å². The number of sulfonamides is 1. The summed E-state index contributed by atoms with van der Waals surface area (Å²) in [7, 11) is -3.75. The molecule has 0 aliphatic carbocycles. The van der Waals surface area contributed by atoms with Gasteiger partial charge >= 0.3 is 0 Å². The summed E-state index contributed by atoms with van der Waals surface area (Å²) in [5.74, 6) is -0.327. The van der Waals surface area contributed by atoms with Gasteiger partial charge in [0.1, 0.15) is 11.4 Å². The second-order valence-electron chi connectivity index (χ2n) is 8.02. The third-order valence-corrected chi connectivity index (χ3v) is 7.31. The van der Waals surface area contributed by atoms with Crippen molar-refractivity contribution in [3.05, 3.63) is 64.6 Å². The number of rotatable bonds is 11. The van der Waals surface area contributed by atoms with Gasteiger partial charge in [0, 0.05) is 19.2 Å². The van der Waals surface area contributed by atoms with Gasteiger partial charge in [-0.15, -0.1) is 10.2 Å². The van der Waals surface area contributed by atoms with E-state index in [0.29, 0.717) is 24.5 Å². The molecule has 0 aliphatic rings. The van der Waals surface area contributed by atoms with E-state index in [1.165, 1.54) is 27.2 Å². The largest absolute Gasteiger partial charge is 0.506 e. The first-order chi connectivity index (χ1) is 16.3. The lowest BCUT2D eigenvalue weighted by Crippen LogP contribution is -2.33. The number of unbranched alkanes of at least 4 members (excludes halogenated alkanes) is 2. The van der Waals surface area contributed by atoms with Crippen LogP contribution in [0.15, 0.2) is 68.4 Å². The number of nitrogens with one attached hydrogen (secondary N) is 1. The van der Waals surface area contributed by atoms with Gasteiger partial charge in [0.15, 0.2) is 5.69 Å². The molecule has 0 aliphatic heterocycles. The number of aryl methyl sites for hydroxylation is 1. The van der Waals surface area contributed by atoms with E-state index in [1.54, 1.807) is 19.1 Å². The zero-order chi connectivity index (χ0) is 24.7. The number of aromatic hydroxyl groups is 1. The third-order valence-electron chi connectivity index (χ3n) is 5.42. The Morgan fingerprint density at radius 3 is 2.24 bits per heavy atom. The molecule has 0 bridgehead atoms. The molecule has 1 heterocycles. The Hall–Kier alpha value is -3.24. The number of aromatic amines is 1. The SMILES string of the molecule is CCCCN(CCCC)S(=O)(=O)c1ccc(N=Nc2c(C)[nH]n(-c3ccccc3)c2=O)c(O)c1. The number of para-hydroxylation sites is 1. The van der Waals surface area contributed by atoms with Crippen LogP contribution in [0, 0.1) is 6.92 Å². The van der Waals surface area contributed by atoms with Gasteiger partial charge in [-0.05, 0) is 44.0 Å². The molecule has 0 unspecified atom stereocenters. The second-order valence-corrected chi connectivity index (χ2v) is 9.96. The van der Waals surface area contributed by atoms with Crippen LogP contribution in [-0.2, 0) is 10.0 Å². The fourth-order valence-electron chi connectivity index (χ4n) is 3.44. The highest BCUT2D eigenvalue weighted by molar-refractivity contribution is 7.89. The number of benzene rings is 2. The molecule has 9 nitrogen and oxygen atoms in total. The summed E-state index contributed by atoms with van der Waals surface area (Å²) >= 11 is 0. The molecule has 0 saturated heterocycles. The van der Waals surface area contributed by atoms with Gasteiger partial charge in [0.2, 0.25) is 10.0 Å². The minimum absolute atomic E-state index is 0.000384. The molecular weight excluding hydrogens is 454 g/mol. The van der Waals surface area contributed by atoms with Crippen LogP contribution in [0.5, 0.6) is 5.75 Å². The van der Waals surface area contributed by atoms with E-state index in [9.17, 15) is 18.3 Å². The van der Waals surface area contributed by atoms with E-state index in [1.807, 2.05) is 32.0 Å². The zero-order valence-corrected chi connectivity index (χ0v) is 20.5. The number of phenols is 1. The van der Waals surface area contributed by atoms with E-state index < -0.39 is 10.0 Å². The summed E-state index contributed by atoms with van der Waals surface area (Å²) in [4.78, 5) is 12.8. The van der Waals surface area contributed by atoms with Crippen molar-refractivity contribution >= 4 is 21.4 Å². The predicted molar refractivity (Wildman–Crippen MR) is 132 cm³/mol. The lowest BCUT2D eigenvalue weighted by Gasteiger charge is -2.22. The molecule has 3 aromatic rings. The first-order valence-corrected chi connectivity index (χ1v) is 12.9. The molecule has 0 spiro atoms. The molecule has 0 fully saturated rings. The Bertz CT molecular complexity index is 1290. The minimum atomic E-state index is -3.75. The quantitative estimate of drug-likeness (QED) is 0.363. The fraction of sp³-hybridized carbons (Fsp3) is 0.375. The van der Waals surface area contributed by atoms with Crippen molar-refractivity contribution in [2.24, 2.45) is 10.2 Å². The monoisotopic (exact) mass is 485 g/mol. The Kier molecular flexibility index (Phi) is 8.41. The van der Waals surface area contributed by atoms with Crippen LogP contribution in [0.4, 0.5) is 11.4 Å². The summed E-state index contributed by atoms with van der Waals surface area (Å²) in [6.45, 7) is 6.59. The molecule has 2 N–H and O–H groups in total. The van der Waals surface area contributed by atoms with E-state index in [4.69, 9.17) is 0 Å². The Morgan fingerprint density at radius 2 is 1.65 bits per heavy atom. The normalized spacial score (nSPS) is 12.1. The van der Waals surface area contributed by atoms with Crippen molar-refractivity contribution in [3.63, 3.8) is 0 Å². The second kappa shape index (κ2) is 11.3. The van der Waals surface area contributed by atoms with Crippen molar-refractivity contribution in [2.45, 2.75) is 51.3 Å². The highest BCUT2D eigenvalue weighted by Crippen LogP contribution is 2.32. The number of phenolic OH excluding ortho intramolecular Hbond substituents is 1. The lowest BCUT2D eigenvalue weighted by molar-refractivity contribution is 0.394. The molecule has 34 heavy (non-hydrogen) atoms. The number of hydrogen-bond donors (Lipinski definition) is 2. The molecule has 10 heteroatoms. The summed E-state index contributed by atoms with van der Waals surface area (Å²) in [5.41, 5.74) is 0.960. The third kappa shape index (κ3) is 5.63. The highest BCUT2D eigenvalue weighted by Gasteiger charge is 2.24. The first kappa shape index (κ1) is 25.4. The zero-order valence-electron chi connectivity index (χ0n) is 19.7. The predicted octanol–water partition coefficient (Wildman–Crippen LogP) is 5.19. The molecule has 1 aromatic heterocycles. The van der Waals surface area contributed by atoms with Crippen LogP contribution in [0.25, 0.3) is 5.69 Å². The Morgan fingerprint density at radius 1 is 1.00 bits per heavy atom. The number of aromatic nitrogens is 2. The van der Waals surface area contributed by atoms with E-state index in [-0.39, 0.29) is 27.6 Å². The van der Waals surface area contributed by atoms with Crippen LogP contribution >= 0.6 is 0 Å². The van der Waals surface area contributed by atoms with Crippen molar-refractivity contribution in [1.82, 2.24) is 14.1 Å². The summed E-state index contributed by atoms with van der Waals surface area (Å²) < 4.78 is 29.1. The van der Waals surface area contributed by atoms with Gasteiger partial charge in [-0.1, -0.05) is 44.9 Å². The van der Waals surface area contributed by atoms with Gasteiger partial charge in [-0.25, -0.2) is 13.1 Å². The minimum Gasteiger partial charge on any atom is -0.506 e. The van der Waals surface area contributed by atoms with Gasteiger partial charge in [-0.3, -0.25) is 9.89 Å². The Labute approximate surface area is 199 Å². The molecule has 0 amide bonds. The Balaban J connectivity index is 1.87. The number of H-pyrrole nitrogens is 1. The summed E-state index contributed by atoms with van der Waals surface area (Å²) in [6, 6.07) is 13.0. The average molecular weight is 486 g/mol. The molecule has 182 valence electrons. The number of nitrogens with zero attached hydrogens (tertiary/aromatic N) is 4. The smallest absolute Gasteiger partial charge is 0.299 e. The van der Waals surface area contributed by atoms with Crippen LogP contribution in [-0.4, -0.2) is 40.7 Å². The maximum Gasteiger partial charge on any atom is 0.299 e. The van der Waals surface area contributed by atoms with Crippen LogP contribution in [0.2, 0.25) is 0 Å². The summed E-state index contributed by atoms with van der Waals surface area (Å²) in [6.07, 6.45) is 3.29. The van der Waals surface area contributed by atoms with E-state index >= 15 is 0 Å². The van der Waals surface area contributed by atoms with Crippen molar-refractivity contribution in [2.75, 3.05) is 13.1 Å². The van der Waals surface area contributed by atoms with Crippen LogP contribution < -0.4 is 5.56 Å². The average Bonchev–Trinajstić information content (AvgIpc) is 3.11. The molecule has 2 aromatic carbocycles. The van der Waals surface area contributed by atoms with Crippen molar-refractivity contribution in [1.29, 1.82) is 0 Å². The molecular formula is C24H31N5O4S. The van der Waals surface area contributed by atoms with E-state index in [0.717, 1.165) is 25.7 Å². The van der Waals surface area contributed by atoms with Crippen molar-refractivity contribution < 1.29 is 13.5 Å². The van der Waals surface area contributed by atoms with Gasteiger partial charge in [-0.2, -0.15) is 4.31 Å². The molecule has 0 saturated carbocycles. The summed E-state index contributed by atoms with van der Waals surface area (Å²) in [5, 5.41) is 21.5. The topological polar surface area (TPSA) is 120 Å².